The van der Waals surface area contributed by atoms with E-state index in [9.17, 15) is 4.79 Å². The van der Waals surface area contributed by atoms with E-state index in [4.69, 9.17) is 10.5 Å². The van der Waals surface area contributed by atoms with E-state index in [0.717, 1.165) is 5.75 Å². The third-order valence-corrected chi connectivity index (χ3v) is 3.19. The summed E-state index contributed by atoms with van der Waals surface area (Å²) in [6.07, 6.45) is 0.364. The molecule has 3 N–H and O–H groups in total. The minimum absolute atomic E-state index is 0. The monoisotopic (exact) mass is 314 g/mol. The van der Waals surface area contributed by atoms with Crippen LogP contribution in [0.15, 0.2) is 24.3 Å². The van der Waals surface area contributed by atoms with E-state index in [1.807, 2.05) is 19.1 Å². The smallest absolute Gasteiger partial charge is 0.223 e. The largest absolute Gasteiger partial charge is 0.493 e. The Hall–Kier alpha value is -1.26. The SMILES string of the molecule is CC(CN)CNC(=O)CCOc1ccc(C(C)C)cc1.Cl. The maximum atomic E-state index is 11.6. The first-order valence-corrected chi connectivity index (χ1v) is 7.22. The molecular weight excluding hydrogens is 288 g/mol. The second-order valence-corrected chi connectivity index (χ2v) is 5.47. The summed E-state index contributed by atoms with van der Waals surface area (Å²) in [5.74, 6) is 1.63. The van der Waals surface area contributed by atoms with Gasteiger partial charge in [-0.15, -0.1) is 12.4 Å². The van der Waals surface area contributed by atoms with Gasteiger partial charge >= 0.3 is 0 Å². The predicted octanol–water partition coefficient (Wildman–Crippen LogP) is 2.71. The number of benzene rings is 1. The van der Waals surface area contributed by atoms with Gasteiger partial charge < -0.3 is 15.8 Å². The molecule has 0 spiro atoms. The number of ether oxygens (including phenoxy) is 1. The lowest BCUT2D eigenvalue weighted by Gasteiger charge is -2.11. The summed E-state index contributed by atoms with van der Waals surface area (Å²) < 4.78 is 5.56. The van der Waals surface area contributed by atoms with Crippen LogP contribution in [0.3, 0.4) is 0 Å². The van der Waals surface area contributed by atoms with Crippen molar-refractivity contribution in [2.24, 2.45) is 11.7 Å². The molecule has 21 heavy (non-hydrogen) atoms. The van der Waals surface area contributed by atoms with E-state index in [1.165, 1.54) is 5.56 Å². The molecule has 0 bridgehead atoms. The van der Waals surface area contributed by atoms with Gasteiger partial charge in [-0.05, 0) is 36.1 Å². The van der Waals surface area contributed by atoms with E-state index in [1.54, 1.807) is 0 Å². The molecule has 120 valence electrons. The topological polar surface area (TPSA) is 64.3 Å². The third kappa shape index (κ3) is 7.93. The maximum Gasteiger partial charge on any atom is 0.223 e. The Kier molecular flexibility index (Phi) is 9.84. The average molecular weight is 315 g/mol. The van der Waals surface area contributed by atoms with Crippen LogP contribution < -0.4 is 15.8 Å². The molecule has 1 aromatic carbocycles. The number of hydrogen-bond acceptors (Lipinski definition) is 3. The molecule has 1 unspecified atom stereocenters. The highest BCUT2D eigenvalue weighted by Crippen LogP contribution is 2.18. The summed E-state index contributed by atoms with van der Waals surface area (Å²) in [6.45, 7) is 7.92. The zero-order valence-electron chi connectivity index (χ0n) is 13.1. The van der Waals surface area contributed by atoms with E-state index in [2.05, 4.69) is 31.3 Å². The molecular formula is C16H27ClN2O2. The number of rotatable bonds is 8. The zero-order valence-corrected chi connectivity index (χ0v) is 13.9. The van der Waals surface area contributed by atoms with E-state index in [0.29, 0.717) is 38.0 Å². The molecule has 0 saturated heterocycles. The van der Waals surface area contributed by atoms with Crippen molar-refractivity contribution in [3.05, 3.63) is 29.8 Å². The number of carbonyl (C=O) groups excluding carboxylic acids is 1. The molecule has 1 amide bonds. The third-order valence-electron chi connectivity index (χ3n) is 3.19. The molecule has 4 nitrogen and oxygen atoms in total. The molecule has 0 heterocycles. The Bertz CT molecular complexity index is 407. The second-order valence-electron chi connectivity index (χ2n) is 5.47. The van der Waals surface area contributed by atoms with E-state index >= 15 is 0 Å². The number of nitrogens with one attached hydrogen (secondary N) is 1. The molecule has 1 aromatic rings. The summed E-state index contributed by atoms with van der Waals surface area (Å²) in [7, 11) is 0. The first-order chi connectivity index (χ1) is 9.52. The van der Waals surface area contributed by atoms with Gasteiger partial charge in [0.05, 0.1) is 13.0 Å². The molecule has 0 radical (unpaired) electrons. The summed E-state index contributed by atoms with van der Waals surface area (Å²) in [5, 5.41) is 2.84. The van der Waals surface area contributed by atoms with Crippen LogP contribution >= 0.6 is 12.4 Å². The molecule has 5 heteroatoms. The van der Waals surface area contributed by atoms with Crippen LogP contribution in [0.25, 0.3) is 0 Å². The fourth-order valence-corrected chi connectivity index (χ4v) is 1.67. The van der Waals surface area contributed by atoms with Crippen LogP contribution in [0.4, 0.5) is 0 Å². The number of halogens is 1. The van der Waals surface area contributed by atoms with Crippen molar-refractivity contribution in [3.8, 4) is 5.75 Å². The van der Waals surface area contributed by atoms with Crippen LogP contribution in [0.5, 0.6) is 5.75 Å². The standard InChI is InChI=1S/C16H26N2O2.ClH/c1-12(2)14-4-6-15(7-5-14)20-9-8-16(19)18-11-13(3)10-17;/h4-7,12-13H,8-11,17H2,1-3H3,(H,18,19);1H. The molecule has 1 atom stereocenters. The summed E-state index contributed by atoms with van der Waals surface area (Å²) in [5.41, 5.74) is 6.77. The van der Waals surface area contributed by atoms with Crippen molar-refractivity contribution in [2.45, 2.75) is 33.1 Å². The predicted molar refractivity (Wildman–Crippen MR) is 89.1 cm³/mol. The van der Waals surface area contributed by atoms with Gasteiger partial charge in [0, 0.05) is 6.54 Å². The van der Waals surface area contributed by atoms with Gasteiger partial charge in [-0.2, -0.15) is 0 Å². The van der Waals surface area contributed by atoms with Crippen LogP contribution in [0, 0.1) is 5.92 Å². The fraction of sp³-hybridized carbons (Fsp3) is 0.562. The quantitative estimate of drug-likeness (QED) is 0.775. The van der Waals surface area contributed by atoms with Crippen molar-refractivity contribution in [1.82, 2.24) is 5.32 Å². The van der Waals surface area contributed by atoms with Gasteiger partial charge in [0.2, 0.25) is 5.91 Å². The highest BCUT2D eigenvalue weighted by molar-refractivity contribution is 5.85. The van der Waals surface area contributed by atoms with Crippen LogP contribution in [-0.2, 0) is 4.79 Å². The second kappa shape index (κ2) is 10.5. The normalized spacial score (nSPS) is 11.7. The molecule has 0 aromatic heterocycles. The molecule has 0 aliphatic carbocycles. The molecule has 0 fully saturated rings. The van der Waals surface area contributed by atoms with Gasteiger partial charge in [-0.3, -0.25) is 4.79 Å². The lowest BCUT2D eigenvalue weighted by atomic mass is 10.0. The Morgan fingerprint density at radius 3 is 2.38 bits per heavy atom. The number of hydrogen-bond donors (Lipinski definition) is 2. The Labute approximate surface area is 133 Å². The highest BCUT2D eigenvalue weighted by Gasteiger charge is 2.05. The van der Waals surface area contributed by atoms with Gasteiger partial charge in [0.15, 0.2) is 0 Å². The number of carbonyl (C=O) groups is 1. The first-order valence-electron chi connectivity index (χ1n) is 7.22. The Balaban J connectivity index is 0.00000400. The lowest BCUT2D eigenvalue weighted by molar-refractivity contribution is -0.121. The summed E-state index contributed by atoms with van der Waals surface area (Å²) in [4.78, 5) is 11.6. The molecule has 0 aliphatic heterocycles. The van der Waals surface area contributed by atoms with Crippen molar-refractivity contribution in [2.75, 3.05) is 19.7 Å². The number of amides is 1. The average Bonchev–Trinajstić information content (AvgIpc) is 2.45. The summed E-state index contributed by atoms with van der Waals surface area (Å²) in [6, 6.07) is 8.01. The van der Waals surface area contributed by atoms with Crippen LogP contribution in [0.1, 0.15) is 38.7 Å². The van der Waals surface area contributed by atoms with Gasteiger partial charge in [-0.25, -0.2) is 0 Å². The Morgan fingerprint density at radius 1 is 1.24 bits per heavy atom. The number of nitrogens with two attached hydrogens (primary N) is 1. The minimum atomic E-state index is 0. The van der Waals surface area contributed by atoms with Crippen molar-refractivity contribution in [1.29, 1.82) is 0 Å². The molecule has 1 rings (SSSR count). The minimum Gasteiger partial charge on any atom is -0.493 e. The van der Waals surface area contributed by atoms with Crippen LogP contribution in [-0.4, -0.2) is 25.6 Å². The maximum absolute atomic E-state index is 11.6. The Morgan fingerprint density at radius 2 is 1.86 bits per heavy atom. The fourth-order valence-electron chi connectivity index (χ4n) is 1.67. The van der Waals surface area contributed by atoms with E-state index in [-0.39, 0.29) is 18.3 Å². The van der Waals surface area contributed by atoms with Crippen molar-refractivity contribution < 1.29 is 9.53 Å². The van der Waals surface area contributed by atoms with Gasteiger partial charge in [0.25, 0.3) is 0 Å². The van der Waals surface area contributed by atoms with Gasteiger partial charge in [-0.1, -0.05) is 32.9 Å². The van der Waals surface area contributed by atoms with Crippen molar-refractivity contribution in [3.63, 3.8) is 0 Å². The van der Waals surface area contributed by atoms with Gasteiger partial charge in [0.1, 0.15) is 5.75 Å². The zero-order chi connectivity index (χ0) is 15.0. The lowest BCUT2D eigenvalue weighted by Crippen LogP contribution is -2.31. The van der Waals surface area contributed by atoms with Crippen molar-refractivity contribution >= 4 is 18.3 Å². The highest BCUT2D eigenvalue weighted by atomic mass is 35.5. The van der Waals surface area contributed by atoms with E-state index < -0.39 is 0 Å². The summed E-state index contributed by atoms with van der Waals surface area (Å²) >= 11 is 0. The molecule has 0 saturated carbocycles. The first kappa shape index (κ1) is 19.7. The van der Waals surface area contributed by atoms with Crippen LogP contribution in [0.2, 0.25) is 0 Å². The molecule has 0 aliphatic rings.